The zero-order valence-electron chi connectivity index (χ0n) is 15.2. The van der Waals surface area contributed by atoms with Crippen LogP contribution in [-0.2, 0) is 24.8 Å². The molecular weight excluding hydrogens is 417 g/mol. The van der Waals surface area contributed by atoms with Crippen LogP contribution < -0.4 is 5.32 Å². The van der Waals surface area contributed by atoms with Gasteiger partial charge in [-0.15, -0.1) is 16.8 Å². The highest BCUT2D eigenvalue weighted by molar-refractivity contribution is 7.99. The molecule has 2 aromatic heterocycles. The average Bonchev–Trinajstić information content (AvgIpc) is 3.24. The number of amides is 1. The van der Waals surface area contributed by atoms with E-state index in [9.17, 15) is 4.79 Å². The van der Waals surface area contributed by atoms with Gasteiger partial charge in [-0.25, -0.2) is 0 Å². The Morgan fingerprint density at radius 1 is 1.25 bits per heavy atom. The number of allylic oxidation sites excluding steroid dienone is 1. The monoisotopic (exact) mass is 435 g/mol. The summed E-state index contributed by atoms with van der Waals surface area (Å²) in [6.07, 6.45) is 4.42. The second kappa shape index (κ2) is 9.32. The molecule has 0 radical (unpaired) electrons. The van der Waals surface area contributed by atoms with Crippen LogP contribution >= 0.6 is 35.0 Å². The summed E-state index contributed by atoms with van der Waals surface area (Å²) in [6.45, 7) is 4.37. The molecule has 1 aromatic carbocycles. The Balaban J connectivity index is 1.69. The Bertz CT molecular complexity index is 978. The number of rotatable bonds is 8. The molecule has 0 saturated carbocycles. The summed E-state index contributed by atoms with van der Waals surface area (Å²) in [6, 6.07) is 9.10. The predicted octanol–water partition coefficient (Wildman–Crippen LogP) is 4.43. The average molecular weight is 436 g/mol. The van der Waals surface area contributed by atoms with Gasteiger partial charge in [0.2, 0.25) is 5.91 Å². The van der Waals surface area contributed by atoms with E-state index in [4.69, 9.17) is 23.2 Å². The van der Waals surface area contributed by atoms with Gasteiger partial charge in [-0.1, -0.05) is 47.1 Å². The summed E-state index contributed by atoms with van der Waals surface area (Å²) in [5.41, 5.74) is 1.54. The number of anilines is 1. The van der Waals surface area contributed by atoms with Crippen LogP contribution in [0.25, 0.3) is 0 Å². The molecule has 1 amide bonds. The molecule has 0 aliphatic heterocycles. The van der Waals surface area contributed by atoms with E-state index in [-0.39, 0.29) is 11.7 Å². The lowest BCUT2D eigenvalue weighted by molar-refractivity contribution is -0.113. The van der Waals surface area contributed by atoms with Crippen molar-refractivity contribution in [2.45, 2.75) is 18.1 Å². The zero-order valence-corrected chi connectivity index (χ0v) is 17.6. The number of carbonyl (C=O) groups is 1. The maximum Gasteiger partial charge on any atom is 0.234 e. The van der Waals surface area contributed by atoms with Gasteiger partial charge in [-0.2, -0.15) is 0 Å². The molecule has 0 atom stereocenters. The van der Waals surface area contributed by atoms with Crippen LogP contribution in [0.3, 0.4) is 0 Å². The van der Waals surface area contributed by atoms with Crippen LogP contribution in [0.4, 0.5) is 5.69 Å². The van der Waals surface area contributed by atoms with Crippen molar-refractivity contribution in [1.29, 1.82) is 0 Å². The first kappa shape index (κ1) is 20.5. The number of hydrogen-bond donors (Lipinski definition) is 1. The van der Waals surface area contributed by atoms with Crippen molar-refractivity contribution in [3.63, 3.8) is 0 Å². The predicted molar refractivity (Wildman–Crippen MR) is 114 cm³/mol. The number of nitrogens with one attached hydrogen (secondary N) is 1. The molecule has 0 unspecified atom stereocenters. The highest BCUT2D eigenvalue weighted by Crippen LogP contribution is 2.30. The first-order valence-corrected chi connectivity index (χ1v) is 10.2. The maximum absolute atomic E-state index is 12.3. The van der Waals surface area contributed by atoms with E-state index in [1.807, 2.05) is 34.5 Å². The van der Waals surface area contributed by atoms with Crippen LogP contribution in [0.15, 0.2) is 54.3 Å². The van der Waals surface area contributed by atoms with Gasteiger partial charge in [-0.3, -0.25) is 4.79 Å². The van der Waals surface area contributed by atoms with Gasteiger partial charge in [-0.05, 0) is 24.3 Å². The molecule has 0 fully saturated rings. The molecule has 3 aromatic rings. The Morgan fingerprint density at radius 3 is 2.64 bits per heavy atom. The van der Waals surface area contributed by atoms with E-state index in [2.05, 4.69) is 22.1 Å². The van der Waals surface area contributed by atoms with Crippen molar-refractivity contribution >= 4 is 46.6 Å². The highest BCUT2D eigenvalue weighted by Gasteiger charge is 2.16. The molecule has 9 heteroatoms. The molecule has 0 bridgehead atoms. The third-order valence-corrected chi connectivity index (χ3v) is 5.65. The SMILES string of the molecule is C=CCn1c(Cc2cccn2C)nnc1SCC(=O)Nc1c(Cl)cccc1Cl. The molecule has 1 N–H and O–H groups in total. The number of halogens is 2. The van der Waals surface area contributed by atoms with E-state index in [1.54, 1.807) is 24.3 Å². The van der Waals surface area contributed by atoms with Crippen LogP contribution in [0.2, 0.25) is 10.0 Å². The van der Waals surface area contributed by atoms with Crippen LogP contribution in [-0.4, -0.2) is 31.0 Å². The van der Waals surface area contributed by atoms with E-state index in [0.717, 1.165) is 11.5 Å². The van der Waals surface area contributed by atoms with Gasteiger partial charge < -0.3 is 14.5 Å². The molecule has 0 spiro atoms. The highest BCUT2D eigenvalue weighted by atomic mass is 35.5. The molecular formula is C19H19Cl2N5OS. The fraction of sp³-hybridized carbons (Fsp3) is 0.211. The van der Waals surface area contributed by atoms with Crippen molar-refractivity contribution in [3.8, 4) is 0 Å². The van der Waals surface area contributed by atoms with Crippen LogP contribution in [0, 0.1) is 0 Å². The number of carbonyl (C=O) groups excluding carboxylic acids is 1. The van der Waals surface area contributed by atoms with Gasteiger partial charge >= 0.3 is 0 Å². The first-order valence-electron chi connectivity index (χ1n) is 8.49. The quantitative estimate of drug-likeness (QED) is 0.419. The summed E-state index contributed by atoms with van der Waals surface area (Å²) >= 11 is 13.5. The Kier molecular flexibility index (Phi) is 6.83. The van der Waals surface area contributed by atoms with Crippen LogP contribution in [0.1, 0.15) is 11.5 Å². The van der Waals surface area contributed by atoms with E-state index < -0.39 is 0 Å². The van der Waals surface area contributed by atoms with E-state index in [0.29, 0.717) is 33.9 Å². The number of aryl methyl sites for hydroxylation is 1. The van der Waals surface area contributed by atoms with Crippen molar-refractivity contribution in [2.75, 3.05) is 11.1 Å². The summed E-state index contributed by atoms with van der Waals surface area (Å²) in [7, 11) is 1.99. The van der Waals surface area contributed by atoms with E-state index in [1.165, 1.54) is 11.8 Å². The van der Waals surface area contributed by atoms with Gasteiger partial charge in [0.05, 0.1) is 21.5 Å². The minimum Gasteiger partial charge on any atom is -0.354 e. The first-order chi connectivity index (χ1) is 13.5. The number of thioether (sulfide) groups is 1. The third-order valence-electron chi connectivity index (χ3n) is 4.06. The van der Waals surface area contributed by atoms with E-state index >= 15 is 0 Å². The third kappa shape index (κ3) is 4.79. The molecule has 28 heavy (non-hydrogen) atoms. The summed E-state index contributed by atoms with van der Waals surface area (Å²) in [5.74, 6) is 0.747. The van der Waals surface area contributed by atoms with Gasteiger partial charge in [0.1, 0.15) is 5.82 Å². The normalized spacial score (nSPS) is 10.8. The summed E-state index contributed by atoms with van der Waals surface area (Å²) in [5, 5.41) is 12.7. The summed E-state index contributed by atoms with van der Waals surface area (Å²) in [4.78, 5) is 12.3. The van der Waals surface area contributed by atoms with Crippen molar-refractivity contribution < 1.29 is 4.79 Å². The molecule has 3 rings (SSSR count). The number of benzene rings is 1. The summed E-state index contributed by atoms with van der Waals surface area (Å²) < 4.78 is 4.00. The fourth-order valence-electron chi connectivity index (χ4n) is 2.63. The standard InChI is InChI=1S/C19H19Cl2N5OS/c1-3-9-26-16(11-13-6-5-10-25(13)2)23-24-19(26)28-12-17(27)22-18-14(20)7-4-8-15(18)21/h3-8,10H,1,9,11-12H2,2H3,(H,22,27). The number of hydrogen-bond acceptors (Lipinski definition) is 4. The van der Waals surface area contributed by atoms with Gasteiger partial charge in [0.25, 0.3) is 0 Å². The second-order valence-corrected chi connectivity index (χ2v) is 7.78. The van der Waals surface area contributed by atoms with Crippen molar-refractivity contribution in [3.05, 3.63) is 70.7 Å². The molecule has 146 valence electrons. The maximum atomic E-state index is 12.3. The second-order valence-electron chi connectivity index (χ2n) is 6.02. The fourth-order valence-corrected chi connectivity index (χ4v) is 3.89. The molecule has 0 aliphatic carbocycles. The largest absolute Gasteiger partial charge is 0.354 e. The minimum atomic E-state index is -0.225. The van der Waals surface area contributed by atoms with Crippen molar-refractivity contribution in [1.82, 2.24) is 19.3 Å². The lowest BCUT2D eigenvalue weighted by atomic mass is 10.3. The Hall–Kier alpha value is -2.22. The lowest BCUT2D eigenvalue weighted by Crippen LogP contribution is -2.15. The minimum absolute atomic E-state index is 0.154. The smallest absolute Gasteiger partial charge is 0.234 e. The number of aromatic nitrogens is 4. The van der Waals surface area contributed by atoms with Crippen molar-refractivity contribution in [2.24, 2.45) is 7.05 Å². The zero-order chi connectivity index (χ0) is 20.1. The number of para-hydroxylation sites is 1. The van der Waals surface area contributed by atoms with Gasteiger partial charge in [0.15, 0.2) is 5.16 Å². The van der Waals surface area contributed by atoms with Crippen LogP contribution in [0.5, 0.6) is 0 Å². The number of nitrogens with zero attached hydrogens (tertiary/aromatic N) is 4. The lowest BCUT2D eigenvalue weighted by Gasteiger charge is -2.10. The Labute approximate surface area is 177 Å². The molecule has 0 aliphatic rings. The topological polar surface area (TPSA) is 64.7 Å². The Morgan fingerprint density at radius 2 is 2.00 bits per heavy atom. The molecule has 2 heterocycles. The van der Waals surface area contributed by atoms with Gasteiger partial charge in [0, 0.05) is 31.9 Å². The molecule has 6 nitrogen and oxygen atoms in total. The molecule has 0 saturated heterocycles.